The van der Waals surface area contributed by atoms with Crippen molar-refractivity contribution in [1.82, 2.24) is 9.62 Å². The average molecular weight is 348 g/mol. The molecule has 134 valence electrons. The lowest BCUT2D eigenvalue weighted by Crippen LogP contribution is -2.46. The summed E-state index contributed by atoms with van der Waals surface area (Å²) in [4.78, 5) is 23.1. The minimum Gasteiger partial charge on any atom is -0.481 e. The first-order valence-corrected chi connectivity index (χ1v) is 9.70. The van der Waals surface area contributed by atoms with Gasteiger partial charge in [0, 0.05) is 25.6 Å². The summed E-state index contributed by atoms with van der Waals surface area (Å²) in [5.41, 5.74) is -1.01. The Morgan fingerprint density at radius 2 is 1.83 bits per heavy atom. The molecule has 8 heteroatoms. The molecule has 0 bridgehead atoms. The summed E-state index contributed by atoms with van der Waals surface area (Å²) in [6.45, 7) is 5.83. The van der Waals surface area contributed by atoms with E-state index in [1.807, 2.05) is 6.92 Å². The van der Waals surface area contributed by atoms with Crippen molar-refractivity contribution >= 4 is 21.9 Å². The molecule has 1 amide bonds. The van der Waals surface area contributed by atoms with Crippen LogP contribution >= 0.6 is 0 Å². The second-order valence-corrected chi connectivity index (χ2v) is 8.84. The third-order valence-electron chi connectivity index (χ3n) is 4.26. The Kier molecular flexibility index (Phi) is 7.01. The smallest absolute Gasteiger partial charge is 0.310 e. The Morgan fingerprint density at radius 3 is 2.30 bits per heavy atom. The monoisotopic (exact) mass is 348 g/mol. The molecular weight excluding hydrogens is 320 g/mol. The van der Waals surface area contributed by atoms with Crippen LogP contribution in [0.15, 0.2) is 0 Å². The van der Waals surface area contributed by atoms with Crippen LogP contribution in [-0.4, -0.2) is 55.1 Å². The third kappa shape index (κ3) is 5.76. The SMILES string of the molecule is CCCCS(=O)(=O)N1CCC(C(=O)NCC(C)(C)C(=O)O)CC1. The molecule has 1 aliphatic heterocycles. The Morgan fingerprint density at radius 1 is 1.26 bits per heavy atom. The van der Waals surface area contributed by atoms with Gasteiger partial charge < -0.3 is 10.4 Å². The van der Waals surface area contributed by atoms with Crippen molar-refractivity contribution in [3.05, 3.63) is 0 Å². The highest BCUT2D eigenvalue weighted by molar-refractivity contribution is 7.89. The molecule has 0 aromatic rings. The molecule has 1 aliphatic rings. The number of amides is 1. The third-order valence-corrected chi connectivity index (χ3v) is 6.21. The highest BCUT2D eigenvalue weighted by Crippen LogP contribution is 2.21. The topological polar surface area (TPSA) is 104 Å². The van der Waals surface area contributed by atoms with Crippen LogP contribution in [0.25, 0.3) is 0 Å². The van der Waals surface area contributed by atoms with Crippen LogP contribution in [0.3, 0.4) is 0 Å². The fourth-order valence-electron chi connectivity index (χ4n) is 2.38. The van der Waals surface area contributed by atoms with Crippen molar-refractivity contribution in [2.75, 3.05) is 25.4 Å². The van der Waals surface area contributed by atoms with E-state index in [1.165, 1.54) is 4.31 Å². The normalized spacial score (nSPS) is 17.9. The lowest BCUT2D eigenvalue weighted by Gasteiger charge is -2.31. The first-order chi connectivity index (χ1) is 10.6. The number of carboxylic acid groups (broad SMARTS) is 1. The molecule has 0 aromatic heterocycles. The van der Waals surface area contributed by atoms with Gasteiger partial charge in [-0.15, -0.1) is 0 Å². The fourth-order valence-corrected chi connectivity index (χ4v) is 4.06. The molecule has 1 heterocycles. The lowest BCUT2D eigenvalue weighted by molar-refractivity contribution is -0.147. The van der Waals surface area contributed by atoms with Crippen molar-refractivity contribution < 1.29 is 23.1 Å². The lowest BCUT2D eigenvalue weighted by atomic mass is 9.92. The van der Waals surface area contributed by atoms with Crippen LogP contribution in [0.5, 0.6) is 0 Å². The fraction of sp³-hybridized carbons (Fsp3) is 0.867. The molecule has 23 heavy (non-hydrogen) atoms. The molecule has 0 saturated carbocycles. The summed E-state index contributed by atoms with van der Waals surface area (Å²) in [6, 6.07) is 0. The molecule has 1 rings (SSSR count). The second-order valence-electron chi connectivity index (χ2n) is 6.75. The zero-order valence-corrected chi connectivity index (χ0v) is 15.0. The summed E-state index contributed by atoms with van der Waals surface area (Å²) < 4.78 is 25.7. The number of rotatable bonds is 8. The summed E-state index contributed by atoms with van der Waals surface area (Å²) in [5, 5.41) is 11.7. The Balaban J connectivity index is 2.47. The van der Waals surface area contributed by atoms with E-state index in [9.17, 15) is 18.0 Å². The van der Waals surface area contributed by atoms with Gasteiger partial charge >= 0.3 is 5.97 Å². The van der Waals surface area contributed by atoms with Crippen molar-refractivity contribution in [3.63, 3.8) is 0 Å². The molecule has 0 spiro atoms. The quantitative estimate of drug-likeness (QED) is 0.682. The Labute approximate surface area is 138 Å². The van der Waals surface area contributed by atoms with Gasteiger partial charge in [0.25, 0.3) is 0 Å². The zero-order chi connectivity index (χ0) is 17.7. The number of nitrogens with one attached hydrogen (secondary N) is 1. The number of hydrogen-bond acceptors (Lipinski definition) is 4. The highest BCUT2D eigenvalue weighted by atomic mass is 32.2. The molecule has 2 N–H and O–H groups in total. The van der Waals surface area contributed by atoms with E-state index in [2.05, 4.69) is 5.32 Å². The van der Waals surface area contributed by atoms with E-state index in [1.54, 1.807) is 13.8 Å². The van der Waals surface area contributed by atoms with Gasteiger partial charge in [-0.25, -0.2) is 12.7 Å². The first kappa shape index (κ1) is 19.9. The molecule has 0 atom stereocenters. The number of unbranched alkanes of at least 4 members (excludes halogenated alkanes) is 1. The van der Waals surface area contributed by atoms with Gasteiger partial charge in [-0.05, 0) is 33.1 Å². The molecule has 0 radical (unpaired) electrons. The Hall–Kier alpha value is -1.15. The van der Waals surface area contributed by atoms with Gasteiger partial charge in [-0.3, -0.25) is 9.59 Å². The minimum atomic E-state index is -3.22. The number of nitrogens with zero attached hydrogens (tertiary/aromatic N) is 1. The second kappa shape index (κ2) is 8.10. The zero-order valence-electron chi connectivity index (χ0n) is 14.2. The first-order valence-electron chi connectivity index (χ1n) is 8.09. The van der Waals surface area contributed by atoms with Crippen molar-refractivity contribution in [1.29, 1.82) is 0 Å². The number of carboxylic acids is 1. The molecule has 0 unspecified atom stereocenters. The van der Waals surface area contributed by atoms with Crippen LogP contribution in [0, 0.1) is 11.3 Å². The van der Waals surface area contributed by atoms with Gasteiger partial charge in [0.15, 0.2) is 0 Å². The summed E-state index contributed by atoms with van der Waals surface area (Å²) in [5.74, 6) is -1.25. The van der Waals surface area contributed by atoms with Gasteiger partial charge in [-0.1, -0.05) is 13.3 Å². The standard InChI is InChI=1S/C15H28N2O5S/c1-4-5-10-23(21,22)17-8-6-12(7-9-17)13(18)16-11-15(2,3)14(19)20/h12H,4-11H2,1-3H3,(H,16,18)(H,19,20). The number of hydrogen-bond donors (Lipinski definition) is 2. The van der Waals surface area contributed by atoms with Crippen molar-refractivity contribution in [2.24, 2.45) is 11.3 Å². The van der Waals surface area contributed by atoms with E-state index in [0.717, 1.165) is 6.42 Å². The van der Waals surface area contributed by atoms with Crippen LogP contribution in [-0.2, 0) is 19.6 Å². The molecule has 1 fully saturated rings. The minimum absolute atomic E-state index is 0.0657. The molecule has 7 nitrogen and oxygen atoms in total. The van der Waals surface area contributed by atoms with E-state index in [4.69, 9.17) is 5.11 Å². The molecule has 0 aromatic carbocycles. The van der Waals surface area contributed by atoms with Crippen LogP contribution < -0.4 is 5.32 Å². The maximum atomic E-state index is 12.1. The van der Waals surface area contributed by atoms with Crippen molar-refractivity contribution in [3.8, 4) is 0 Å². The predicted molar refractivity (Wildman–Crippen MR) is 87.4 cm³/mol. The van der Waals surface area contributed by atoms with Crippen LogP contribution in [0.4, 0.5) is 0 Å². The maximum absolute atomic E-state index is 12.1. The summed E-state index contributed by atoms with van der Waals surface area (Å²) >= 11 is 0. The highest BCUT2D eigenvalue weighted by Gasteiger charge is 2.32. The van der Waals surface area contributed by atoms with E-state index >= 15 is 0 Å². The number of sulfonamides is 1. The summed E-state index contributed by atoms with van der Waals surface area (Å²) in [7, 11) is -3.22. The number of carbonyl (C=O) groups excluding carboxylic acids is 1. The largest absolute Gasteiger partial charge is 0.481 e. The van der Waals surface area contributed by atoms with Crippen LogP contribution in [0.1, 0.15) is 46.5 Å². The number of carbonyl (C=O) groups is 2. The predicted octanol–water partition coefficient (Wildman–Crippen LogP) is 1.06. The van der Waals surface area contributed by atoms with Gasteiger partial charge in [0.2, 0.25) is 15.9 Å². The Bertz CT molecular complexity index is 522. The number of piperidine rings is 1. The summed E-state index contributed by atoms with van der Waals surface area (Å²) in [6.07, 6.45) is 2.43. The van der Waals surface area contributed by atoms with E-state index < -0.39 is 21.4 Å². The van der Waals surface area contributed by atoms with Gasteiger partial charge in [0.1, 0.15) is 0 Å². The molecular formula is C15H28N2O5S. The van der Waals surface area contributed by atoms with E-state index in [0.29, 0.717) is 32.4 Å². The van der Waals surface area contributed by atoms with Crippen molar-refractivity contribution in [2.45, 2.75) is 46.5 Å². The number of aliphatic carboxylic acids is 1. The van der Waals surface area contributed by atoms with Gasteiger partial charge in [0.05, 0.1) is 11.2 Å². The molecule has 0 aliphatic carbocycles. The van der Waals surface area contributed by atoms with E-state index in [-0.39, 0.29) is 24.1 Å². The van der Waals surface area contributed by atoms with Crippen LogP contribution in [0.2, 0.25) is 0 Å². The van der Waals surface area contributed by atoms with Gasteiger partial charge in [-0.2, -0.15) is 0 Å². The molecule has 1 saturated heterocycles. The average Bonchev–Trinajstić information content (AvgIpc) is 2.50. The maximum Gasteiger partial charge on any atom is 0.310 e.